The Balaban J connectivity index is 1.38. The van der Waals surface area contributed by atoms with Gasteiger partial charge in [-0.25, -0.2) is 8.78 Å². The summed E-state index contributed by atoms with van der Waals surface area (Å²) in [6, 6.07) is 4.18. The van der Waals surface area contributed by atoms with Crippen molar-refractivity contribution in [2.75, 3.05) is 0 Å². The highest BCUT2D eigenvalue weighted by molar-refractivity contribution is 5.17. The van der Waals surface area contributed by atoms with Gasteiger partial charge in [-0.3, -0.25) is 0 Å². The zero-order chi connectivity index (χ0) is 19.4. The maximum atomic E-state index is 13.6. The minimum atomic E-state index is -0.780. The van der Waals surface area contributed by atoms with E-state index in [-0.39, 0.29) is 5.60 Å². The Morgan fingerprint density at radius 1 is 0.750 bits per heavy atom. The standard InChI is InChI=1S/C25H36F2O/c26-23-14-9-19(17-24(23)27)18-28-25(15-5-2-6-16-25)22-12-10-21(11-13-22)20-7-3-1-4-8-20/h9,14,17,20-22H,1-8,10-13,15-16,18H2. The third kappa shape index (κ3) is 4.61. The van der Waals surface area contributed by atoms with Crippen LogP contribution in [-0.4, -0.2) is 5.60 Å². The fraction of sp³-hybridized carbons (Fsp3) is 0.760. The first-order valence-corrected chi connectivity index (χ1v) is 11.7. The largest absolute Gasteiger partial charge is 0.370 e. The van der Waals surface area contributed by atoms with Crippen molar-refractivity contribution in [2.45, 2.75) is 102 Å². The number of halogens is 2. The highest BCUT2D eigenvalue weighted by Gasteiger charge is 2.43. The van der Waals surface area contributed by atoms with Gasteiger partial charge in [0.15, 0.2) is 11.6 Å². The molecule has 3 aliphatic rings. The van der Waals surface area contributed by atoms with Gasteiger partial charge < -0.3 is 4.74 Å². The van der Waals surface area contributed by atoms with Crippen molar-refractivity contribution >= 4 is 0 Å². The van der Waals surface area contributed by atoms with E-state index in [1.807, 2.05) is 0 Å². The van der Waals surface area contributed by atoms with Crippen LogP contribution in [0.3, 0.4) is 0 Å². The van der Waals surface area contributed by atoms with Crippen molar-refractivity contribution in [3.63, 3.8) is 0 Å². The Hall–Kier alpha value is -0.960. The second kappa shape index (κ2) is 9.24. The molecule has 3 fully saturated rings. The first kappa shape index (κ1) is 20.3. The quantitative estimate of drug-likeness (QED) is 0.504. The normalized spacial score (nSPS) is 28.9. The van der Waals surface area contributed by atoms with Gasteiger partial charge in [0.1, 0.15) is 0 Å². The second-order valence-corrected chi connectivity index (χ2v) is 9.67. The molecule has 0 heterocycles. The smallest absolute Gasteiger partial charge is 0.159 e. The van der Waals surface area contributed by atoms with Crippen LogP contribution in [0, 0.1) is 29.4 Å². The lowest BCUT2D eigenvalue weighted by Crippen LogP contribution is -2.44. The zero-order valence-electron chi connectivity index (χ0n) is 17.2. The third-order valence-electron chi connectivity index (χ3n) is 8.04. The van der Waals surface area contributed by atoms with E-state index in [4.69, 9.17) is 4.74 Å². The van der Waals surface area contributed by atoms with Crippen molar-refractivity contribution in [1.82, 2.24) is 0 Å². The molecule has 1 aromatic rings. The molecular formula is C25H36F2O. The van der Waals surface area contributed by atoms with E-state index in [0.717, 1.165) is 30.2 Å². The third-order valence-corrected chi connectivity index (χ3v) is 8.04. The lowest BCUT2D eigenvalue weighted by Gasteiger charge is -2.47. The summed E-state index contributed by atoms with van der Waals surface area (Å²) in [5.74, 6) is 0.991. The molecule has 0 atom stereocenters. The van der Waals surface area contributed by atoms with Gasteiger partial charge in [-0.05, 0) is 74.0 Å². The molecule has 0 radical (unpaired) electrons. The number of hydrogen-bond donors (Lipinski definition) is 0. The summed E-state index contributed by atoms with van der Waals surface area (Å²) in [6.45, 7) is 0.403. The number of rotatable bonds is 5. The van der Waals surface area contributed by atoms with Gasteiger partial charge in [-0.1, -0.05) is 57.4 Å². The predicted octanol–water partition coefficient (Wildman–Crippen LogP) is 7.57. The Morgan fingerprint density at radius 3 is 2.07 bits per heavy atom. The molecule has 3 aliphatic carbocycles. The topological polar surface area (TPSA) is 9.23 Å². The molecule has 0 saturated heterocycles. The number of hydrogen-bond acceptors (Lipinski definition) is 1. The summed E-state index contributed by atoms with van der Waals surface area (Å²) in [5.41, 5.74) is 0.709. The number of ether oxygens (including phenoxy) is 1. The lowest BCUT2D eigenvalue weighted by atomic mass is 9.64. The van der Waals surface area contributed by atoms with Crippen molar-refractivity contribution in [1.29, 1.82) is 0 Å². The van der Waals surface area contributed by atoms with Gasteiger partial charge in [0, 0.05) is 0 Å². The summed E-state index contributed by atoms with van der Waals surface area (Å²) in [7, 11) is 0. The molecule has 3 heteroatoms. The van der Waals surface area contributed by atoms with Crippen LogP contribution in [-0.2, 0) is 11.3 Å². The summed E-state index contributed by atoms with van der Waals surface area (Å²) < 4.78 is 33.4. The Kier molecular flexibility index (Phi) is 6.70. The molecule has 0 spiro atoms. The minimum Gasteiger partial charge on any atom is -0.370 e. The van der Waals surface area contributed by atoms with E-state index in [0.29, 0.717) is 12.5 Å². The number of benzene rings is 1. The molecule has 28 heavy (non-hydrogen) atoms. The van der Waals surface area contributed by atoms with Crippen LogP contribution in [0.2, 0.25) is 0 Å². The van der Waals surface area contributed by atoms with E-state index >= 15 is 0 Å². The molecule has 0 amide bonds. The summed E-state index contributed by atoms with van der Waals surface area (Å²) in [6.07, 6.45) is 18.6. The van der Waals surface area contributed by atoms with Crippen LogP contribution in [0.5, 0.6) is 0 Å². The van der Waals surface area contributed by atoms with Crippen LogP contribution in [0.4, 0.5) is 8.78 Å². The van der Waals surface area contributed by atoms with E-state index in [2.05, 4.69) is 0 Å². The average Bonchev–Trinajstić information content (AvgIpc) is 2.76. The van der Waals surface area contributed by atoms with Crippen molar-refractivity contribution in [3.8, 4) is 0 Å². The van der Waals surface area contributed by atoms with Crippen LogP contribution in [0.15, 0.2) is 18.2 Å². The van der Waals surface area contributed by atoms with Crippen molar-refractivity contribution in [2.24, 2.45) is 17.8 Å². The highest BCUT2D eigenvalue weighted by atomic mass is 19.2. The van der Waals surface area contributed by atoms with E-state index in [1.54, 1.807) is 6.07 Å². The summed E-state index contributed by atoms with van der Waals surface area (Å²) >= 11 is 0. The van der Waals surface area contributed by atoms with E-state index < -0.39 is 11.6 Å². The van der Waals surface area contributed by atoms with E-state index in [1.165, 1.54) is 89.2 Å². The maximum Gasteiger partial charge on any atom is 0.159 e. The van der Waals surface area contributed by atoms with Gasteiger partial charge >= 0.3 is 0 Å². The van der Waals surface area contributed by atoms with Gasteiger partial charge in [-0.2, -0.15) is 0 Å². The summed E-state index contributed by atoms with van der Waals surface area (Å²) in [5, 5.41) is 0. The monoisotopic (exact) mass is 390 g/mol. The van der Waals surface area contributed by atoms with E-state index in [9.17, 15) is 8.78 Å². The first-order chi connectivity index (χ1) is 13.7. The van der Waals surface area contributed by atoms with Gasteiger partial charge in [-0.15, -0.1) is 0 Å². The maximum absolute atomic E-state index is 13.6. The molecule has 0 unspecified atom stereocenters. The minimum absolute atomic E-state index is 0.0410. The second-order valence-electron chi connectivity index (χ2n) is 9.67. The SMILES string of the molecule is Fc1ccc(COC2(C3CCC(C4CCCCC4)CC3)CCCCC2)cc1F. The molecule has 0 N–H and O–H groups in total. The molecule has 0 aliphatic heterocycles. The molecule has 156 valence electrons. The van der Waals surface area contributed by atoms with Crippen molar-refractivity contribution in [3.05, 3.63) is 35.4 Å². The molecule has 4 rings (SSSR count). The Bertz CT molecular complexity index is 623. The average molecular weight is 391 g/mol. The summed E-state index contributed by atoms with van der Waals surface area (Å²) in [4.78, 5) is 0. The van der Waals surface area contributed by atoms with Crippen LogP contribution in [0.1, 0.15) is 95.5 Å². The first-order valence-electron chi connectivity index (χ1n) is 11.7. The van der Waals surface area contributed by atoms with Crippen molar-refractivity contribution < 1.29 is 13.5 Å². The van der Waals surface area contributed by atoms with Crippen LogP contribution >= 0.6 is 0 Å². The molecule has 0 aromatic heterocycles. The van der Waals surface area contributed by atoms with Gasteiger partial charge in [0.25, 0.3) is 0 Å². The lowest BCUT2D eigenvalue weighted by molar-refractivity contribution is -0.131. The molecular weight excluding hydrogens is 354 g/mol. The van der Waals surface area contributed by atoms with Gasteiger partial charge in [0.2, 0.25) is 0 Å². The van der Waals surface area contributed by atoms with Gasteiger partial charge in [0.05, 0.1) is 12.2 Å². The van der Waals surface area contributed by atoms with Crippen LogP contribution < -0.4 is 0 Å². The highest BCUT2D eigenvalue weighted by Crippen LogP contribution is 2.48. The predicted molar refractivity (Wildman–Crippen MR) is 109 cm³/mol. The molecule has 3 saturated carbocycles. The molecule has 1 aromatic carbocycles. The molecule has 0 bridgehead atoms. The van der Waals surface area contributed by atoms with Crippen LogP contribution in [0.25, 0.3) is 0 Å². The molecule has 1 nitrogen and oxygen atoms in total. The Morgan fingerprint density at radius 2 is 1.39 bits per heavy atom. The fourth-order valence-electron chi connectivity index (χ4n) is 6.40. The Labute approximate surface area is 169 Å². The fourth-order valence-corrected chi connectivity index (χ4v) is 6.40. The zero-order valence-corrected chi connectivity index (χ0v) is 17.2.